The van der Waals surface area contributed by atoms with Gasteiger partial charge in [-0.1, -0.05) is 6.07 Å². The topological polar surface area (TPSA) is 161 Å². The highest BCUT2D eigenvalue weighted by Crippen LogP contribution is 2.38. The number of hydrogen-bond donors (Lipinski definition) is 0. The van der Waals surface area contributed by atoms with Crippen molar-refractivity contribution in [2.75, 3.05) is 9.80 Å². The number of hydrogen-bond acceptors (Lipinski definition) is 10. The number of carbonyl (C=O) groups excluding carboxylic acids is 4. The lowest BCUT2D eigenvalue weighted by molar-refractivity contribution is -0.385. The van der Waals surface area contributed by atoms with Crippen molar-refractivity contribution in [2.24, 2.45) is 0 Å². The second kappa shape index (κ2) is 10.9. The minimum atomic E-state index is -0.741. The van der Waals surface area contributed by atoms with Gasteiger partial charge in [0.1, 0.15) is 0 Å². The van der Waals surface area contributed by atoms with Crippen LogP contribution in [-0.2, 0) is 19.2 Å². The van der Waals surface area contributed by atoms with Gasteiger partial charge in [-0.25, -0.2) is 9.80 Å². The van der Waals surface area contributed by atoms with Gasteiger partial charge in [-0.15, -0.1) is 23.5 Å². The van der Waals surface area contributed by atoms with Crippen LogP contribution in [0.1, 0.15) is 12.8 Å². The maximum Gasteiger partial charge on any atom is 0.269 e. The highest BCUT2D eigenvalue weighted by molar-refractivity contribution is 8.01. The molecule has 4 amide bonds. The zero-order valence-electron chi connectivity index (χ0n) is 20.4. The fraction of sp³-hybridized carbons (Fsp3) is 0.154. The van der Waals surface area contributed by atoms with Crippen LogP contribution in [-0.4, -0.2) is 44.0 Å². The molecule has 0 spiro atoms. The second-order valence-corrected chi connectivity index (χ2v) is 11.3. The van der Waals surface area contributed by atoms with Gasteiger partial charge in [-0.05, 0) is 42.5 Å². The number of non-ortho nitro benzene ring substituents is 2. The number of carbonyl (C=O) groups is 4. The molecule has 0 unspecified atom stereocenters. The number of rotatable bonds is 8. The van der Waals surface area contributed by atoms with Gasteiger partial charge in [-0.3, -0.25) is 39.4 Å². The fourth-order valence-electron chi connectivity index (χ4n) is 4.33. The molecular formula is C26H18N4O8S2. The zero-order chi connectivity index (χ0) is 28.6. The molecule has 2 fully saturated rings. The first kappa shape index (κ1) is 27.0. The molecule has 202 valence electrons. The third-order valence-corrected chi connectivity index (χ3v) is 8.60. The van der Waals surface area contributed by atoms with Gasteiger partial charge in [0.2, 0.25) is 23.6 Å². The molecule has 14 heteroatoms. The van der Waals surface area contributed by atoms with Crippen LogP contribution in [0.5, 0.6) is 0 Å². The van der Waals surface area contributed by atoms with E-state index in [1.807, 2.05) is 0 Å². The molecule has 3 aromatic rings. The number of amides is 4. The van der Waals surface area contributed by atoms with Gasteiger partial charge in [-0.2, -0.15) is 0 Å². The van der Waals surface area contributed by atoms with Crippen LogP contribution in [0.25, 0.3) is 0 Å². The summed E-state index contributed by atoms with van der Waals surface area (Å²) >= 11 is 2.24. The summed E-state index contributed by atoms with van der Waals surface area (Å²) in [7, 11) is 0. The van der Waals surface area contributed by atoms with Crippen molar-refractivity contribution in [3.63, 3.8) is 0 Å². The smallest absolute Gasteiger partial charge is 0.269 e. The highest BCUT2D eigenvalue weighted by atomic mass is 32.2. The van der Waals surface area contributed by atoms with Crippen molar-refractivity contribution < 1.29 is 29.0 Å². The van der Waals surface area contributed by atoms with Gasteiger partial charge >= 0.3 is 0 Å². The number of benzene rings is 3. The Morgan fingerprint density at radius 3 is 1.35 bits per heavy atom. The van der Waals surface area contributed by atoms with E-state index in [-0.39, 0.29) is 35.6 Å². The molecule has 2 aliphatic rings. The molecule has 2 aliphatic heterocycles. The monoisotopic (exact) mass is 578 g/mol. The standard InChI is InChI=1S/C26H18N4O8S2/c31-23-13-21(39-19-8-4-15(5-9-19)29(35)36)25(33)27(23)17-2-1-3-18(12-17)28-24(32)14-22(26(28)34)40-20-10-6-16(7-11-20)30(37)38/h1-12,21-22H,13-14H2/t21-,22-/m1/s1. The summed E-state index contributed by atoms with van der Waals surface area (Å²) in [4.78, 5) is 75.9. The third-order valence-electron chi connectivity index (χ3n) is 6.21. The molecule has 2 atom stereocenters. The van der Waals surface area contributed by atoms with Crippen LogP contribution in [0.15, 0.2) is 82.6 Å². The maximum absolute atomic E-state index is 13.2. The Labute approximate surface area is 234 Å². The normalized spacial score (nSPS) is 19.0. The number of imide groups is 2. The highest BCUT2D eigenvalue weighted by Gasteiger charge is 2.42. The average Bonchev–Trinajstić information content (AvgIpc) is 3.37. The number of anilines is 2. The van der Waals surface area contributed by atoms with Crippen LogP contribution >= 0.6 is 23.5 Å². The Bertz CT molecular complexity index is 1450. The van der Waals surface area contributed by atoms with Crippen LogP contribution < -0.4 is 9.80 Å². The van der Waals surface area contributed by atoms with E-state index in [0.29, 0.717) is 9.79 Å². The Hall–Kier alpha value is -4.56. The molecular weight excluding hydrogens is 560 g/mol. The molecule has 3 aromatic carbocycles. The van der Waals surface area contributed by atoms with E-state index >= 15 is 0 Å². The van der Waals surface area contributed by atoms with Crippen molar-refractivity contribution in [1.82, 2.24) is 0 Å². The lowest BCUT2D eigenvalue weighted by Crippen LogP contribution is -2.33. The summed E-state index contributed by atoms with van der Waals surface area (Å²) in [6.45, 7) is 0. The Balaban J connectivity index is 1.30. The Morgan fingerprint density at radius 1 is 0.625 bits per heavy atom. The first-order valence-corrected chi connectivity index (χ1v) is 13.5. The number of thioether (sulfide) groups is 2. The third kappa shape index (κ3) is 5.31. The van der Waals surface area contributed by atoms with E-state index in [4.69, 9.17) is 0 Å². The van der Waals surface area contributed by atoms with E-state index in [9.17, 15) is 39.4 Å². The minimum absolute atomic E-state index is 0.0831. The lowest BCUT2D eigenvalue weighted by Gasteiger charge is -2.19. The number of nitro benzene ring substituents is 2. The van der Waals surface area contributed by atoms with Gasteiger partial charge in [0.25, 0.3) is 11.4 Å². The van der Waals surface area contributed by atoms with E-state index in [0.717, 1.165) is 33.3 Å². The van der Waals surface area contributed by atoms with Crippen LogP contribution in [0.3, 0.4) is 0 Å². The first-order valence-electron chi connectivity index (χ1n) is 11.8. The number of nitro groups is 2. The molecule has 0 saturated carbocycles. The fourth-order valence-corrected chi connectivity index (χ4v) is 6.44. The SMILES string of the molecule is O=C1C[C@@H](Sc2ccc([N+](=O)[O-])cc2)C(=O)N1c1cccc(N2C(=O)C[C@@H](Sc3ccc([N+](=O)[O-])cc3)C2=O)c1. The number of nitrogens with zero attached hydrogens (tertiary/aromatic N) is 4. The lowest BCUT2D eigenvalue weighted by atomic mass is 10.2. The molecule has 0 aromatic heterocycles. The summed E-state index contributed by atoms with van der Waals surface area (Å²) in [5, 5.41) is 20.3. The Kier molecular flexibility index (Phi) is 7.36. The van der Waals surface area contributed by atoms with Crippen LogP contribution in [0, 0.1) is 20.2 Å². The summed E-state index contributed by atoms with van der Waals surface area (Å²) in [5.41, 5.74) is 0.254. The van der Waals surface area contributed by atoms with Gasteiger partial charge in [0.05, 0.1) is 31.7 Å². The molecule has 0 radical (unpaired) electrons. The van der Waals surface area contributed by atoms with Crippen molar-refractivity contribution in [2.45, 2.75) is 33.1 Å². The van der Waals surface area contributed by atoms with E-state index in [1.54, 1.807) is 6.07 Å². The molecule has 0 bridgehead atoms. The molecule has 0 aliphatic carbocycles. The second-order valence-electron chi connectivity index (χ2n) is 8.78. The largest absolute Gasteiger partial charge is 0.274 e. The first-order chi connectivity index (χ1) is 19.1. The molecule has 5 rings (SSSR count). The predicted octanol–water partition coefficient (Wildman–Crippen LogP) is 4.35. The van der Waals surface area contributed by atoms with Crippen LogP contribution in [0.4, 0.5) is 22.7 Å². The summed E-state index contributed by atoms with van der Waals surface area (Å²) in [6, 6.07) is 17.4. The van der Waals surface area contributed by atoms with E-state index in [1.165, 1.54) is 66.7 Å². The molecule has 12 nitrogen and oxygen atoms in total. The zero-order valence-corrected chi connectivity index (χ0v) is 22.0. The predicted molar refractivity (Wildman–Crippen MR) is 146 cm³/mol. The molecule has 2 saturated heterocycles. The summed E-state index contributed by atoms with van der Waals surface area (Å²) in [5.74, 6) is -1.85. The molecule has 2 heterocycles. The molecule has 0 N–H and O–H groups in total. The summed E-state index contributed by atoms with van der Waals surface area (Å²) < 4.78 is 0. The van der Waals surface area contributed by atoms with Crippen molar-refractivity contribution in [1.29, 1.82) is 0 Å². The average molecular weight is 579 g/mol. The van der Waals surface area contributed by atoms with Crippen molar-refractivity contribution in [3.05, 3.63) is 93.0 Å². The minimum Gasteiger partial charge on any atom is -0.274 e. The van der Waals surface area contributed by atoms with Crippen molar-refractivity contribution in [3.8, 4) is 0 Å². The van der Waals surface area contributed by atoms with Gasteiger partial charge in [0, 0.05) is 46.9 Å². The van der Waals surface area contributed by atoms with Crippen LogP contribution in [0.2, 0.25) is 0 Å². The summed E-state index contributed by atoms with van der Waals surface area (Å²) in [6.07, 6.45) is -0.166. The van der Waals surface area contributed by atoms with E-state index in [2.05, 4.69) is 0 Å². The Morgan fingerprint density at radius 2 is 1.00 bits per heavy atom. The van der Waals surface area contributed by atoms with Gasteiger partial charge in [0.15, 0.2) is 0 Å². The van der Waals surface area contributed by atoms with E-state index < -0.39 is 44.0 Å². The van der Waals surface area contributed by atoms with Crippen molar-refractivity contribution >= 4 is 69.9 Å². The van der Waals surface area contributed by atoms with Gasteiger partial charge < -0.3 is 0 Å². The molecule has 40 heavy (non-hydrogen) atoms. The maximum atomic E-state index is 13.2. The quantitative estimate of drug-likeness (QED) is 0.213.